The molecule has 0 unspecified atom stereocenters. The van der Waals surface area contributed by atoms with E-state index < -0.39 is 5.41 Å². The molecule has 0 atom stereocenters. The first-order valence-electron chi connectivity index (χ1n) is 6.27. The Morgan fingerprint density at radius 3 is 2.56 bits per heavy atom. The van der Waals surface area contributed by atoms with Crippen LogP contribution >= 0.6 is 0 Å². The molecule has 94 valence electrons. The Bertz CT molecular complexity index is 524. The van der Waals surface area contributed by atoms with E-state index in [1.807, 2.05) is 32.0 Å². The number of amides is 1. The molecular formula is C15H18N2O. The zero-order valence-corrected chi connectivity index (χ0v) is 11.2. The largest absolute Gasteiger partial charge is 0.314 e. The van der Waals surface area contributed by atoms with Crippen LogP contribution in [0.5, 0.6) is 0 Å². The summed E-state index contributed by atoms with van der Waals surface area (Å²) in [6.45, 7) is 3.99. The van der Waals surface area contributed by atoms with Crippen LogP contribution in [0.2, 0.25) is 0 Å². The smallest absolute Gasteiger partial charge is 0.247 e. The summed E-state index contributed by atoms with van der Waals surface area (Å²) in [5.74, 6) is -0.0649. The minimum absolute atomic E-state index is 0.0649. The highest BCUT2D eigenvalue weighted by Crippen LogP contribution is 2.42. The maximum atomic E-state index is 12.4. The van der Waals surface area contributed by atoms with Crippen molar-refractivity contribution in [3.05, 3.63) is 29.3 Å². The highest BCUT2D eigenvalue weighted by Gasteiger charge is 2.46. The third kappa shape index (κ3) is 1.88. The lowest BCUT2D eigenvalue weighted by Crippen LogP contribution is -2.45. The van der Waals surface area contributed by atoms with Crippen LogP contribution < -0.4 is 4.90 Å². The first kappa shape index (κ1) is 12.6. The molecule has 0 bridgehead atoms. The van der Waals surface area contributed by atoms with Crippen LogP contribution in [0.25, 0.3) is 0 Å². The first-order chi connectivity index (χ1) is 8.50. The Morgan fingerprint density at radius 2 is 2.06 bits per heavy atom. The van der Waals surface area contributed by atoms with E-state index in [1.165, 1.54) is 0 Å². The lowest BCUT2D eigenvalue weighted by molar-refractivity contribution is -0.128. The number of carbonyl (C=O) groups is 1. The van der Waals surface area contributed by atoms with Gasteiger partial charge in [-0.25, -0.2) is 0 Å². The van der Waals surface area contributed by atoms with Crippen molar-refractivity contribution < 1.29 is 4.79 Å². The number of benzene rings is 1. The fourth-order valence-corrected chi connectivity index (χ4v) is 2.42. The molecule has 1 aromatic carbocycles. The Kier molecular flexibility index (Phi) is 3.13. The van der Waals surface area contributed by atoms with Gasteiger partial charge >= 0.3 is 0 Å². The average molecular weight is 242 g/mol. The number of rotatable bonds is 2. The monoisotopic (exact) mass is 242 g/mol. The summed E-state index contributed by atoms with van der Waals surface area (Å²) in [4.78, 5) is 14.1. The number of carbonyl (C=O) groups excluding carboxylic acids is 1. The minimum Gasteiger partial charge on any atom is -0.314 e. The predicted octanol–water partition coefficient (Wildman–Crippen LogP) is 2.96. The zero-order valence-electron chi connectivity index (χ0n) is 11.2. The van der Waals surface area contributed by atoms with E-state index in [9.17, 15) is 10.1 Å². The van der Waals surface area contributed by atoms with E-state index in [-0.39, 0.29) is 5.91 Å². The molecule has 3 nitrogen and oxygen atoms in total. The minimum atomic E-state index is -0.773. The fraction of sp³-hybridized carbons (Fsp3) is 0.467. The normalized spacial score (nSPS) is 16.6. The van der Waals surface area contributed by atoms with Crippen LogP contribution in [0.1, 0.15) is 30.4 Å². The lowest BCUT2D eigenvalue weighted by atomic mass is 9.69. The summed E-state index contributed by atoms with van der Waals surface area (Å²) < 4.78 is 0. The van der Waals surface area contributed by atoms with Crippen molar-refractivity contribution in [3.63, 3.8) is 0 Å². The highest BCUT2D eigenvalue weighted by molar-refractivity contribution is 6.00. The van der Waals surface area contributed by atoms with Gasteiger partial charge in [-0.1, -0.05) is 12.1 Å². The summed E-state index contributed by atoms with van der Waals surface area (Å²) in [5.41, 5.74) is 2.31. The van der Waals surface area contributed by atoms with Crippen molar-refractivity contribution in [1.29, 1.82) is 5.26 Å². The van der Waals surface area contributed by atoms with E-state index in [2.05, 4.69) is 6.07 Å². The van der Waals surface area contributed by atoms with E-state index in [4.69, 9.17) is 0 Å². The molecule has 0 aromatic heterocycles. The van der Waals surface area contributed by atoms with Crippen LogP contribution in [0.3, 0.4) is 0 Å². The average Bonchev–Trinajstić information content (AvgIpc) is 2.30. The molecule has 0 aliphatic heterocycles. The topological polar surface area (TPSA) is 44.1 Å². The molecule has 1 aliphatic rings. The summed E-state index contributed by atoms with van der Waals surface area (Å²) in [6, 6.07) is 8.24. The second kappa shape index (κ2) is 4.45. The molecule has 1 fully saturated rings. The summed E-state index contributed by atoms with van der Waals surface area (Å²) in [6.07, 6.45) is 2.36. The van der Waals surface area contributed by atoms with Gasteiger partial charge in [0.25, 0.3) is 0 Å². The van der Waals surface area contributed by atoms with Gasteiger partial charge in [0.15, 0.2) is 0 Å². The number of hydrogen-bond acceptors (Lipinski definition) is 2. The van der Waals surface area contributed by atoms with Gasteiger partial charge in [0, 0.05) is 12.7 Å². The van der Waals surface area contributed by atoms with Crippen LogP contribution in [-0.2, 0) is 4.79 Å². The maximum absolute atomic E-state index is 12.4. The number of nitriles is 1. The van der Waals surface area contributed by atoms with Gasteiger partial charge in [0.2, 0.25) is 5.91 Å². The third-order valence-corrected chi connectivity index (χ3v) is 3.86. The molecular weight excluding hydrogens is 224 g/mol. The number of hydrogen-bond donors (Lipinski definition) is 0. The van der Waals surface area contributed by atoms with Crippen molar-refractivity contribution in [3.8, 4) is 6.07 Å². The number of anilines is 1. The van der Waals surface area contributed by atoms with E-state index in [0.717, 1.165) is 23.2 Å². The van der Waals surface area contributed by atoms with Crippen molar-refractivity contribution in [2.45, 2.75) is 33.1 Å². The van der Waals surface area contributed by atoms with Gasteiger partial charge in [0.05, 0.1) is 6.07 Å². The molecule has 0 spiro atoms. The van der Waals surface area contributed by atoms with Gasteiger partial charge in [-0.15, -0.1) is 0 Å². The second-order valence-electron chi connectivity index (χ2n) is 5.20. The number of aryl methyl sites for hydroxylation is 2. The standard InChI is InChI=1S/C15H18N2O/c1-11-5-6-12(2)13(9-11)17(3)14(18)15(10-16)7-4-8-15/h5-6,9H,4,7-8H2,1-3H3. The van der Waals surface area contributed by atoms with Crippen LogP contribution in [0, 0.1) is 30.6 Å². The van der Waals surface area contributed by atoms with Crippen molar-refractivity contribution in [2.24, 2.45) is 5.41 Å². The van der Waals surface area contributed by atoms with Gasteiger partial charge in [-0.2, -0.15) is 5.26 Å². The first-order valence-corrected chi connectivity index (χ1v) is 6.27. The molecule has 1 amide bonds. The molecule has 0 heterocycles. The molecule has 18 heavy (non-hydrogen) atoms. The summed E-state index contributed by atoms with van der Waals surface area (Å²) >= 11 is 0. The van der Waals surface area contributed by atoms with Crippen LogP contribution in [-0.4, -0.2) is 13.0 Å². The fourth-order valence-electron chi connectivity index (χ4n) is 2.42. The molecule has 1 aliphatic carbocycles. The van der Waals surface area contributed by atoms with Crippen molar-refractivity contribution >= 4 is 11.6 Å². The molecule has 1 saturated carbocycles. The van der Waals surface area contributed by atoms with Crippen molar-refractivity contribution in [2.75, 3.05) is 11.9 Å². The number of nitrogens with zero attached hydrogens (tertiary/aromatic N) is 2. The molecule has 1 aromatic rings. The Hall–Kier alpha value is -1.82. The molecule has 0 radical (unpaired) electrons. The third-order valence-electron chi connectivity index (χ3n) is 3.86. The quantitative estimate of drug-likeness (QED) is 0.800. The van der Waals surface area contributed by atoms with E-state index in [1.54, 1.807) is 11.9 Å². The molecule has 3 heteroatoms. The predicted molar refractivity (Wildman–Crippen MR) is 71.2 cm³/mol. The van der Waals surface area contributed by atoms with Gasteiger partial charge < -0.3 is 4.90 Å². The van der Waals surface area contributed by atoms with Crippen molar-refractivity contribution in [1.82, 2.24) is 0 Å². The van der Waals surface area contributed by atoms with Crippen LogP contribution in [0.4, 0.5) is 5.69 Å². The van der Waals surface area contributed by atoms with E-state index in [0.29, 0.717) is 12.8 Å². The molecule has 0 saturated heterocycles. The molecule has 0 N–H and O–H groups in total. The summed E-state index contributed by atoms with van der Waals surface area (Å²) in [7, 11) is 1.77. The van der Waals surface area contributed by atoms with Gasteiger partial charge in [-0.3, -0.25) is 4.79 Å². The van der Waals surface area contributed by atoms with Crippen LogP contribution in [0.15, 0.2) is 18.2 Å². The second-order valence-corrected chi connectivity index (χ2v) is 5.20. The van der Waals surface area contributed by atoms with Gasteiger partial charge in [0.1, 0.15) is 5.41 Å². The Labute approximate surface area is 108 Å². The Morgan fingerprint density at radius 1 is 1.39 bits per heavy atom. The maximum Gasteiger partial charge on any atom is 0.247 e. The SMILES string of the molecule is Cc1ccc(C)c(N(C)C(=O)C2(C#N)CCC2)c1. The summed E-state index contributed by atoms with van der Waals surface area (Å²) in [5, 5.41) is 9.23. The molecule has 2 rings (SSSR count). The highest BCUT2D eigenvalue weighted by atomic mass is 16.2. The lowest BCUT2D eigenvalue weighted by Gasteiger charge is -2.37. The Balaban J connectivity index is 2.31. The zero-order chi connectivity index (χ0) is 13.3. The van der Waals surface area contributed by atoms with Gasteiger partial charge in [-0.05, 0) is 50.3 Å². The van der Waals surface area contributed by atoms with E-state index >= 15 is 0 Å².